The molecule has 0 aliphatic heterocycles. The molecule has 2 aromatic rings. The van der Waals surface area contributed by atoms with Crippen molar-refractivity contribution in [1.29, 1.82) is 0 Å². The molecule has 0 unspecified atom stereocenters. The summed E-state index contributed by atoms with van der Waals surface area (Å²) in [7, 11) is -2.14. The first-order valence-corrected chi connectivity index (χ1v) is 8.39. The Labute approximate surface area is 132 Å². The summed E-state index contributed by atoms with van der Waals surface area (Å²) in [6, 6.07) is 11.5. The molecule has 0 atom stereocenters. The van der Waals surface area contributed by atoms with E-state index in [9.17, 15) is 8.42 Å². The highest BCUT2D eigenvalue weighted by Crippen LogP contribution is 2.28. The molecule has 0 heterocycles. The van der Waals surface area contributed by atoms with Gasteiger partial charge in [0.2, 0.25) is 0 Å². The van der Waals surface area contributed by atoms with E-state index in [2.05, 4.69) is 20.7 Å². The molecular weight excluding hydrogens is 356 g/mol. The van der Waals surface area contributed by atoms with Crippen LogP contribution in [0.3, 0.4) is 0 Å². The maximum atomic E-state index is 12.3. The number of hydrogen-bond donors (Lipinski definition) is 2. The van der Waals surface area contributed by atoms with E-state index >= 15 is 0 Å². The summed E-state index contributed by atoms with van der Waals surface area (Å²) in [5.41, 5.74) is 6.88. The Morgan fingerprint density at radius 3 is 2.62 bits per heavy atom. The standard InChI is InChI=1S/C14H15BrN2O3S/c1-20-14-6-5-12(8-13(14)15)21(18,19)17-11-4-2-3-10(7-11)9-16/h2-8,17H,9,16H2,1H3. The summed E-state index contributed by atoms with van der Waals surface area (Å²) >= 11 is 3.27. The van der Waals surface area contributed by atoms with Crippen LogP contribution in [0.2, 0.25) is 0 Å². The maximum Gasteiger partial charge on any atom is 0.261 e. The molecule has 112 valence electrons. The molecule has 5 nitrogen and oxygen atoms in total. The van der Waals surface area contributed by atoms with Crippen molar-refractivity contribution in [2.45, 2.75) is 11.4 Å². The van der Waals surface area contributed by atoms with Gasteiger partial charge < -0.3 is 10.5 Å². The molecule has 0 saturated carbocycles. The number of hydrogen-bond acceptors (Lipinski definition) is 4. The van der Waals surface area contributed by atoms with E-state index in [1.165, 1.54) is 19.2 Å². The van der Waals surface area contributed by atoms with Crippen molar-refractivity contribution >= 4 is 31.6 Å². The number of methoxy groups -OCH3 is 1. The molecule has 0 amide bonds. The number of nitrogens with two attached hydrogens (primary N) is 1. The topological polar surface area (TPSA) is 81.4 Å². The van der Waals surface area contributed by atoms with Crippen molar-refractivity contribution in [3.63, 3.8) is 0 Å². The Morgan fingerprint density at radius 1 is 1.24 bits per heavy atom. The maximum absolute atomic E-state index is 12.3. The SMILES string of the molecule is COc1ccc(S(=O)(=O)Nc2cccc(CN)c2)cc1Br. The minimum Gasteiger partial charge on any atom is -0.496 e. The predicted molar refractivity (Wildman–Crippen MR) is 85.8 cm³/mol. The van der Waals surface area contributed by atoms with E-state index in [1.54, 1.807) is 24.3 Å². The summed E-state index contributed by atoms with van der Waals surface area (Å²) in [6.45, 7) is 0.351. The van der Waals surface area contributed by atoms with Gasteiger partial charge in [0.1, 0.15) is 5.75 Å². The molecule has 0 aliphatic carbocycles. The number of anilines is 1. The third-order valence-electron chi connectivity index (χ3n) is 2.85. The van der Waals surface area contributed by atoms with E-state index in [-0.39, 0.29) is 4.90 Å². The van der Waals surface area contributed by atoms with Crippen molar-refractivity contribution in [1.82, 2.24) is 0 Å². The average molecular weight is 371 g/mol. The highest BCUT2D eigenvalue weighted by Gasteiger charge is 2.16. The van der Waals surface area contributed by atoms with Gasteiger partial charge >= 0.3 is 0 Å². The fourth-order valence-electron chi connectivity index (χ4n) is 1.79. The lowest BCUT2D eigenvalue weighted by Gasteiger charge is -2.10. The van der Waals surface area contributed by atoms with Crippen molar-refractivity contribution < 1.29 is 13.2 Å². The van der Waals surface area contributed by atoms with Gasteiger partial charge in [-0.3, -0.25) is 4.72 Å². The molecule has 0 spiro atoms. The lowest BCUT2D eigenvalue weighted by atomic mass is 10.2. The van der Waals surface area contributed by atoms with Crippen LogP contribution in [0.25, 0.3) is 0 Å². The Bertz CT molecular complexity index is 748. The summed E-state index contributed by atoms with van der Waals surface area (Å²) in [5, 5.41) is 0. The molecule has 0 aromatic heterocycles. The van der Waals surface area contributed by atoms with Crippen LogP contribution in [-0.4, -0.2) is 15.5 Å². The number of benzene rings is 2. The number of ether oxygens (including phenoxy) is 1. The molecule has 0 fully saturated rings. The normalized spacial score (nSPS) is 11.2. The monoisotopic (exact) mass is 370 g/mol. The second-order valence-electron chi connectivity index (χ2n) is 4.31. The van der Waals surface area contributed by atoms with Gasteiger partial charge in [-0.15, -0.1) is 0 Å². The Morgan fingerprint density at radius 2 is 2.00 bits per heavy atom. The quantitative estimate of drug-likeness (QED) is 0.847. The highest BCUT2D eigenvalue weighted by atomic mass is 79.9. The first kappa shape index (κ1) is 15.8. The first-order valence-electron chi connectivity index (χ1n) is 6.11. The van der Waals surface area contributed by atoms with Crippen LogP contribution in [0.4, 0.5) is 5.69 Å². The number of sulfonamides is 1. The summed E-state index contributed by atoms with van der Waals surface area (Å²) in [6.07, 6.45) is 0. The highest BCUT2D eigenvalue weighted by molar-refractivity contribution is 9.10. The number of nitrogens with one attached hydrogen (secondary N) is 1. The van der Waals surface area contributed by atoms with Gasteiger partial charge in [-0.1, -0.05) is 12.1 Å². The molecule has 7 heteroatoms. The molecule has 2 rings (SSSR count). The number of halogens is 1. The molecule has 0 bridgehead atoms. The van der Waals surface area contributed by atoms with Crippen molar-refractivity contribution in [2.24, 2.45) is 5.73 Å². The van der Waals surface area contributed by atoms with Gasteiger partial charge in [-0.2, -0.15) is 0 Å². The Kier molecular flexibility index (Phi) is 4.87. The summed E-state index contributed by atoms with van der Waals surface area (Å²) in [5.74, 6) is 0.569. The minimum absolute atomic E-state index is 0.147. The van der Waals surface area contributed by atoms with E-state index in [0.29, 0.717) is 22.5 Å². The first-order chi connectivity index (χ1) is 9.96. The van der Waals surface area contributed by atoms with Crippen LogP contribution < -0.4 is 15.2 Å². The smallest absolute Gasteiger partial charge is 0.261 e. The van der Waals surface area contributed by atoms with Gasteiger partial charge in [0, 0.05) is 12.2 Å². The summed E-state index contributed by atoms with van der Waals surface area (Å²) in [4.78, 5) is 0.147. The minimum atomic E-state index is -3.66. The van der Waals surface area contributed by atoms with Crippen LogP contribution in [0.5, 0.6) is 5.75 Å². The van der Waals surface area contributed by atoms with Crippen molar-refractivity contribution in [2.75, 3.05) is 11.8 Å². The fourth-order valence-corrected chi connectivity index (χ4v) is 3.56. The molecule has 0 saturated heterocycles. The molecular formula is C14H15BrN2O3S. The predicted octanol–water partition coefficient (Wildman–Crippen LogP) is 2.72. The lowest BCUT2D eigenvalue weighted by molar-refractivity contribution is 0.411. The third kappa shape index (κ3) is 3.75. The van der Waals surface area contributed by atoms with E-state index in [4.69, 9.17) is 10.5 Å². The fraction of sp³-hybridized carbons (Fsp3) is 0.143. The second kappa shape index (κ2) is 6.46. The van der Waals surface area contributed by atoms with Crippen LogP contribution in [-0.2, 0) is 16.6 Å². The third-order valence-corrected chi connectivity index (χ3v) is 4.85. The van der Waals surface area contributed by atoms with Crippen LogP contribution in [0.15, 0.2) is 51.8 Å². The molecule has 0 radical (unpaired) electrons. The van der Waals surface area contributed by atoms with Gasteiger partial charge in [-0.25, -0.2) is 8.42 Å². The number of rotatable bonds is 5. The lowest BCUT2D eigenvalue weighted by Crippen LogP contribution is -2.13. The largest absolute Gasteiger partial charge is 0.496 e. The van der Waals surface area contributed by atoms with Crippen molar-refractivity contribution in [3.05, 3.63) is 52.5 Å². The van der Waals surface area contributed by atoms with E-state index in [0.717, 1.165) is 5.56 Å². The molecule has 21 heavy (non-hydrogen) atoms. The van der Waals surface area contributed by atoms with Gasteiger partial charge in [0.15, 0.2) is 0 Å². The molecule has 0 aliphatic rings. The molecule has 3 N–H and O–H groups in total. The van der Waals surface area contributed by atoms with Crippen LogP contribution >= 0.6 is 15.9 Å². The zero-order valence-electron chi connectivity index (χ0n) is 11.3. The van der Waals surface area contributed by atoms with Crippen LogP contribution in [0, 0.1) is 0 Å². The zero-order valence-corrected chi connectivity index (χ0v) is 13.7. The van der Waals surface area contributed by atoms with Gasteiger partial charge in [0.05, 0.1) is 16.5 Å². The van der Waals surface area contributed by atoms with Crippen molar-refractivity contribution in [3.8, 4) is 5.75 Å². The second-order valence-corrected chi connectivity index (χ2v) is 6.84. The van der Waals surface area contributed by atoms with Gasteiger partial charge in [-0.05, 0) is 51.8 Å². The Balaban J connectivity index is 2.31. The summed E-state index contributed by atoms with van der Waals surface area (Å²) < 4.78 is 32.9. The van der Waals surface area contributed by atoms with E-state index < -0.39 is 10.0 Å². The van der Waals surface area contributed by atoms with Crippen LogP contribution in [0.1, 0.15) is 5.56 Å². The van der Waals surface area contributed by atoms with E-state index in [1.807, 2.05) is 6.07 Å². The molecule has 2 aromatic carbocycles. The zero-order chi connectivity index (χ0) is 15.5. The Hall–Kier alpha value is -1.57. The average Bonchev–Trinajstić information content (AvgIpc) is 2.47. The van der Waals surface area contributed by atoms with Gasteiger partial charge in [0.25, 0.3) is 10.0 Å².